The van der Waals surface area contributed by atoms with E-state index in [4.69, 9.17) is 13.9 Å². The Kier molecular flexibility index (Phi) is 5.68. The highest BCUT2D eigenvalue weighted by atomic mass is 16.5. The topological polar surface area (TPSA) is 69.0 Å². The van der Waals surface area contributed by atoms with E-state index in [1.165, 1.54) is 4.90 Å². The Morgan fingerprint density at radius 3 is 2.32 bits per heavy atom. The monoisotopic (exact) mass is 381 g/mol. The summed E-state index contributed by atoms with van der Waals surface area (Å²) in [5.74, 6) is 1.33. The van der Waals surface area contributed by atoms with Crippen molar-refractivity contribution in [2.45, 2.75) is 20.3 Å². The predicted octanol–water partition coefficient (Wildman–Crippen LogP) is 4.67. The maximum atomic E-state index is 12.2. The Bertz CT molecular complexity index is 1000. The van der Waals surface area contributed by atoms with Crippen molar-refractivity contribution in [3.63, 3.8) is 0 Å². The van der Waals surface area contributed by atoms with Crippen LogP contribution in [0.5, 0.6) is 11.5 Å². The third-order valence-corrected chi connectivity index (χ3v) is 4.25. The molecule has 0 unspecified atom stereocenters. The molecule has 146 valence electrons. The summed E-state index contributed by atoms with van der Waals surface area (Å²) in [6.07, 6.45) is 0.726. The Morgan fingerprint density at radius 1 is 1.00 bits per heavy atom. The van der Waals surface area contributed by atoms with Gasteiger partial charge in [0.05, 0.1) is 17.6 Å². The van der Waals surface area contributed by atoms with Crippen molar-refractivity contribution in [3.8, 4) is 11.5 Å². The molecule has 2 aromatic carbocycles. The molecule has 0 saturated carbocycles. The van der Waals surface area contributed by atoms with Crippen molar-refractivity contribution >= 4 is 22.8 Å². The van der Waals surface area contributed by atoms with Crippen LogP contribution < -0.4 is 4.74 Å². The molecule has 6 heteroatoms. The molecule has 0 radical (unpaired) electrons. The van der Waals surface area contributed by atoms with Crippen molar-refractivity contribution in [1.82, 2.24) is 4.90 Å². The quantitative estimate of drug-likeness (QED) is 0.581. The molecule has 3 aromatic rings. The minimum Gasteiger partial charge on any atom is -0.462 e. The second-order valence-corrected chi connectivity index (χ2v) is 6.50. The number of hydrogen-bond donors (Lipinski definition) is 0. The van der Waals surface area contributed by atoms with Crippen LogP contribution in [0.3, 0.4) is 0 Å². The molecule has 1 amide bonds. The van der Waals surface area contributed by atoms with E-state index < -0.39 is 5.97 Å². The number of ether oxygens (including phenoxy) is 2. The summed E-state index contributed by atoms with van der Waals surface area (Å²) in [4.78, 5) is 25.7. The predicted molar refractivity (Wildman–Crippen MR) is 106 cm³/mol. The SMILES string of the molecule is CCOC(=O)c1cc(Oc2ccc(C(=O)N(C)C)cc2)c2cc(CC)oc2c1. The molecule has 1 heterocycles. The lowest BCUT2D eigenvalue weighted by molar-refractivity contribution is 0.0526. The molecule has 0 saturated heterocycles. The summed E-state index contributed by atoms with van der Waals surface area (Å²) in [7, 11) is 3.41. The second kappa shape index (κ2) is 8.17. The van der Waals surface area contributed by atoms with Gasteiger partial charge in [-0.3, -0.25) is 4.79 Å². The van der Waals surface area contributed by atoms with Crippen molar-refractivity contribution < 1.29 is 23.5 Å². The van der Waals surface area contributed by atoms with Crippen LogP contribution in [0.25, 0.3) is 11.0 Å². The lowest BCUT2D eigenvalue weighted by atomic mass is 10.1. The fraction of sp³-hybridized carbons (Fsp3) is 0.273. The largest absolute Gasteiger partial charge is 0.462 e. The smallest absolute Gasteiger partial charge is 0.338 e. The number of hydrogen-bond acceptors (Lipinski definition) is 5. The zero-order valence-corrected chi connectivity index (χ0v) is 16.4. The number of esters is 1. The van der Waals surface area contributed by atoms with Crippen LogP contribution in [0.4, 0.5) is 0 Å². The zero-order chi connectivity index (χ0) is 20.3. The van der Waals surface area contributed by atoms with Crippen molar-refractivity contribution in [1.29, 1.82) is 0 Å². The molecule has 0 N–H and O–H groups in total. The highest BCUT2D eigenvalue weighted by molar-refractivity contribution is 5.97. The van der Waals surface area contributed by atoms with Gasteiger partial charge in [-0.05, 0) is 49.4 Å². The Balaban J connectivity index is 1.97. The first-order valence-corrected chi connectivity index (χ1v) is 9.16. The van der Waals surface area contributed by atoms with Crippen LogP contribution in [-0.4, -0.2) is 37.5 Å². The summed E-state index contributed by atoms with van der Waals surface area (Å²) in [6.45, 7) is 4.03. The molecule has 28 heavy (non-hydrogen) atoms. The van der Waals surface area contributed by atoms with Gasteiger partial charge in [0.25, 0.3) is 5.91 Å². The highest BCUT2D eigenvalue weighted by Crippen LogP contribution is 2.34. The van der Waals surface area contributed by atoms with Gasteiger partial charge in [0.2, 0.25) is 0 Å². The number of amides is 1. The minimum atomic E-state index is -0.435. The number of benzene rings is 2. The molecule has 3 rings (SSSR count). The molecule has 0 fully saturated rings. The maximum Gasteiger partial charge on any atom is 0.338 e. The molecule has 0 bridgehead atoms. The van der Waals surface area contributed by atoms with Crippen molar-refractivity contribution in [2.75, 3.05) is 20.7 Å². The van der Waals surface area contributed by atoms with Crippen LogP contribution in [0.15, 0.2) is 46.9 Å². The van der Waals surface area contributed by atoms with Gasteiger partial charge in [-0.15, -0.1) is 0 Å². The molecule has 0 aliphatic carbocycles. The van der Waals surface area contributed by atoms with Crippen LogP contribution in [-0.2, 0) is 11.2 Å². The minimum absolute atomic E-state index is 0.0827. The van der Waals surface area contributed by atoms with Gasteiger partial charge in [0.1, 0.15) is 22.8 Å². The van der Waals surface area contributed by atoms with Crippen LogP contribution in [0.1, 0.15) is 40.3 Å². The average Bonchev–Trinajstić information content (AvgIpc) is 3.11. The summed E-state index contributed by atoms with van der Waals surface area (Å²) < 4.78 is 16.9. The van der Waals surface area contributed by atoms with E-state index in [0.717, 1.165) is 17.6 Å². The Hall–Kier alpha value is -3.28. The van der Waals surface area contributed by atoms with E-state index in [9.17, 15) is 9.59 Å². The lowest BCUT2D eigenvalue weighted by Gasteiger charge is -2.12. The number of rotatable bonds is 6. The summed E-state index contributed by atoms with van der Waals surface area (Å²) in [5.41, 5.74) is 1.50. The highest BCUT2D eigenvalue weighted by Gasteiger charge is 2.16. The Morgan fingerprint density at radius 2 is 1.71 bits per heavy atom. The standard InChI is InChI=1S/C22H23NO5/c1-5-16-13-18-19(27-16)11-15(22(25)26-6-2)12-20(18)28-17-9-7-14(8-10-17)21(24)23(3)4/h7-13H,5-6H2,1-4H3. The molecule has 6 nitrogen and oxygen atoms in total. The third-order valence-electron chi connectivity index (χ3n) is 4.25. The van der Waals surface area contributed by atoms with Gasteiger partial charge in [-0.25, -0.2) is 4.79 Å². The number of fused-ring (bicyclic) bond motifs is 1. The van der Waals surface area contributed by atoms with Crippen LogP contribution >= 0.6 is 0 Å². The van der Waals surface area contributed by atoms with E-state index in [2.05, 4.69) is 0 Å². The Labute approximate surface area is 163 Å². The average molecular weight is 381 g/mol. The van der Waals surface area contributed by atoms with E-state index >= 15 is 0 Å². The van der Waals surface area contributed by atoms with Crippen LogP contribution in [0.2, 0.25) is 0 Å². The molecule has 1 aromatic heterocycles. The van der Waals surface area contributed by atoms with Gasteiger partial charge in [0, 0.05) is 26.1 Å². The zero-order valence-electron chi connectivity index (χ0n) is 16.4. The normalized spacial score (nSPS) is 10.7. The van der Waals surface area contributed by atoms with Crippen LogP contribution in [0, 0.1) is 0 Å². The fourth-order valence-corrected chi connectivity index (χ4v) is 2.80. The van der Waals surface area contributed by atoms with Gasteiger partial charge in [0.15, 0.2) is 0 Å². The van der Waals surface area contributed by atoms with Gasteiger partial charge >= 0.3 is 5.97 Å². The van der Waals surface area contributed by atoms with Crippen molar-refractivity contribution in [3.05, 3.63) is 59.4 Å². The second-order valence-electron chi connectivity index (χ2n) is 6.50. The summed E-state index contributed by atoms with van der Waals surface area (Å²) >= 11 is 0. The molecular formula is C22H23NO5. The fourth-order valence-electron chi connectivity index (χ4n) is 2.80. The summed E-state index contributed by atoms with van der Waals surface area (Å²) in [5, 5.41) is 0.776. The van der Waals surface area contributed by atoms with E-state index in [1.54, 1.807) is 57.4 Å². The van der Waals surface area contributed by atoms with Crippen molar-refractivity contribution in [2.24, 2.45) is 0 Å². The molecule has 0 spiro atoms. The van der Waals surface area contributed by atoms with E-state index in [-0.39, 0.29) is 12.5 Å². The van der Waals surface area contributed by atoms with Gasteiger partial charge in [-0.2, -0.15) is 0 Å². The lowest BCUT2D eigenvalue weighted by Crippen LogP contribution is -2.21. The molecule has 0 aliphatic heterocycles. The van der Waals surface area contributed by atoms with E-state index in [1.807, 2.05) is 13.0 Å². The van der Waals surface area contributed by atoms with Gasteiger partial charge in [-0.1, -0.05) is 6.92 Å². The number of furan rings is 1. The van der Waals surface area contributed by atoms with Gasteiger partial charge < -0.3 is 18.8 Å². The first kappa shape index (κ1) is 19.5. The number of carbonyl (C=O) groups is 2. The first-order chi connectivity index (χ1) is 13.4. The first-order valence-electron chi connectivity index (χ1n) is 9.16. The number of carbonyl (C=O) groups excluding carboxylic acids is 2. The number of aryl methyl sites for hydroxylation is 1. The summed E-state index contributed by atoms with van der Waals surface area (Å²) in [6, 6.07) is 12.1. The number of nitrogens with zero attached hydrogens (tertiary/aromatic N) is 1. The molecular weight excluding hydrogens is 358 g/mol. The molecule has 0 aliphatic rings. The van der Waals surface area contributed by atoms with E-state index in [0.29, 0.717) is 28.2 Å². The molecule has 0 atom stereocenters. The maximum absolute atomic E-state index is 12.2. The third kappa shape index (κ3) is 4.01.